The summed E-state index contributed by atoms with van der Waals surface area (Å²) in [7, 11) is 0. The fourth-order valence-corrected chi connectivity index (χ4v) is 1.43. The molecule has 0 fully saturated rings. The van der Waals surface area contributed by atoms with Gasteiger partial charge in [-0.15, -0.1) is 0 Å². The minimum atomic E-state index is -0.540. The molecule has 116 valence electrons. The predicted molar refractivity (Wildman–Crippen MR) is 77.9 cm³/mol. The standard InChI is InChI=1S/C15H19ClO5/c1-11(2)7-20-14(17)9-19-10-15(18)21-8-12-3-5-13(16)6-4-12/h3-6,11H,7-10H2,1-2H3. The maximum atomic E-state index is 11.4. The molecule has 0 atom stereocenters. The highest BCUT2D eigenvalue weighted by molar-refractivity contribution is 6.30. The van der Waals surface area contributed by atoms with Crippen molar-refractivity contribution < 1.29 is 23.8 Å². The van der Waals surface area contributed by atoms with Crippen molar-refractivity contribution in [2.24, 2.45) is 5.92 Å². The van der Waals surface area contributed by atoms with E-state index in [0.717, 1.165) is 5.56 Å². The van der Waals surface area contributed by atoms with Crippen LogP contribution in [-0.2, 0) is 30.4 Å². The molecule has 0 heterocycles. The van der Waals surface area contributed by atoms with E-state index in [9.17, 15) is 9.59 Å². The SMILES string of the molecule is CC(C)COC(=O)COCC(=O)OCc1ccc(Cl)cc1. The zero-order chi connectivity index (χ0) is 15.7. The van der Waals surface area contributed by atoms with Crippen molar-refractivity contribution in [1.29, 1.82) is 0 Å². The Morgan fingerprint density at radius 3 is 2.19 bits per heavy atom. The Balaban J connectivity index is 2.14. The monoisotopic (exact) mass is 314 g/mol. The molecule has 5 nitrogen and oxygen atoms in total. The van der Waals surface area contributed by atoms with Gasteiger partial charge < -0.3 is 14.2 Å². The summed E-state index contributed by atoms with van der Waals surface area (Å²) in [5, 5.41) is 0.619. The summed E-state index contributed by atoms with van der Waals surface area (Å²) in [6, 6.07) is 6.96. The summed E-state index contributed by atoms with van der Waals surface area (Å²) in [6.07, 6.45) is 0. The zero-order valence-electron chi connectivity index (χ0n) is 12.1. The molecule has 0 N–H and O–H groups in total. The molecule has 0 bridgehead atoms. The first-order valence-corrected chi connectivity index (χ1v) is 6.98. The number of hydrogen-bond acceptors (Lipinski definition) is 5. The van der Waals surface area contributed by atoms with Gasteiger partial charge in [0.2, 0.25) is 0 Å². The second-order valence-electron chi connectivity index (χ2n) is 4.86. The van der Waals surface area contributed by atoms with Crippen LogP contribution in [0.3, 0.4) is 0 Å². The third kappa shape index (κ3) is 8.32. The van der Waals surface area contributed by atoms with E-state index in [1.165, 1.54) is 0 Å². The lowest BCUT2D eigenvalue weighted by Gasteiger charge is -2.08. The number of benzene rings is 1. The molecule has 0 unspecified atom stereocenters. The lowest BCUT2D eigenvalue weighted by molar-refractivity contribution is -0.156. The van der Waals surface area contributed by atoms with Crippen LogP contribution in [0.4, 0.5) is 0 Å². The van der Waals surface area contributed by atoms with Gasteiger partial charge in [-0.3, -0.25) is 0 Å². The largest absolute Gasteiger partial charge is 0.464 e. The first-order valence-electron chi connectivity index (χ1n) is 6.61. The van der Waals surface area contributed by atoms with Crippen LogP contribution in [0.1, 0.15) is 19.4 Å². The van der Waals surface area contributed by atoms with Crippen LogP contribution in [0.15, 0.2) is 24.3 Å². The minimum Gasteiger partial charge on any atom is -0.464 e. The van der Waals surface area contributed by atoms with Crippen LogP contribution in [0.25, 0.3) is 0 Å². The van der Waals surface area contributed by atoms with Crippen LogP contribution in [-0.4, -0.2) is 31.8 Å². The molecule has 0 aromatic heterocycles. The summed E-state index contributed by atoms with van der Waals surface area (Å²) in [5.74, 6) is -0.769. The van der Waals surface area contributed by atoms with Crippen LogP contribution < -0.4 is 0 Å². The van der Waals surface area contributed by atoms with Crippen molar-refractivity contribution in [3.05, 3.63) is 34.9 Å². The molecule has 0 saturated carbocycles. The van der Waals surface area contributed by atoms with Gasteiger partial charge in [-0.05, 0) is 23.6 Å². The van der Waals surface area contributed by atoms with Crippen LogP contribution >= 0.6 is 11.6 Å². The summed E-state index contributed by atoms with van der Waals surface area (Å²) in [5.41, 5.74) is 0.823. The molecule has 1 rings (SSSR count). The van der Waals surface area contributed by atoms with Gasteiger partial charge in [0.25, 0.3) is 0 Å². The number of rotatable bonds is 8. The maximum absolute atomic E-state index is 11.4. The first-order chi connectivity index (χ1) is 9.97. The average Bonchev–Trinajstić information content (AvgIpc) is 2.44. The van der Waals surface area contributed by atoms with Crippen LogP contribution in [0.2, 0.25) is 5.02 Å². The molecule has 0 amide bonds. The van der Waals surface area contributed by atoms with E-state index < -0.39 is 11.9 Å². The van der Waals surface area contributed by atoms with Gasteiger partial charge in [0.15, 0.2) is 0 Å². The van der Waals surface area contributed by atoms with Crippen LogP contribution in [0, 0.1) is 5.92 Å². The second kappa shape index (κ2) is 9.37. The van der Waals surface area contributed by atoms with Gasteiger partial charge in [0.05, 0.1) is 6.61 Å². The minimum absolute atomic E-state index is 0.136. The molecule has 0 aliphatic heterocycles. The number of carbonyl (C=O) groups is 2. The van der Waals surface area contributed by atoms with Crippen LogP contribution in [0.5, 0.6) is 0 Å². The van der Waals surface area contributed by atoms with Gasteiger partial charge in [-0.25, -0.2) is 9.59 Å². The molecule has 1 aromatic rings. The van der Waals surface area contributed by atoms with E-state index in [-0.39, 0.29) is 25.7 Å². The lowest BCUT2D eigenvalue weighted by Crippen LogP contribution is -2.19. The van der Waals surface area contributed by atoms with E-state index >= 15 is 0 Å². The van der Waals surface area contributed by atoms with Crippen molar-refractivity contribution in [3.63, 3.8) is 0 Å². The first kappa shape index (κ1) is 17.5. The smallest absolute Gasteiger partial charge is 0.332 e. The molecule has 6 heteroatoms. The van der Waals surface area contributed by atoms with E-state index in [4.69, 9.17) is 25.8 Å². The number of hydrogen-bond donors (Lipinski definition) is 0. The van der Waals surface area contributed by atoms with Crippen molar-refractivity contribution >= 4 is 23.5 Å². The Bertz CT molecular complexity index is 456. The van der Waals surface area contributed by atoms with Gasteiger partial charge in [-0.1, -0.05) is 37.6 Å². The second-order valence-corrected chi connectivity index (χ2v) is 5.29. The van der Waals surface area contributed by atoms with Crippen molar-refractivity contribution in [3.8, 4) is 0 Å². The number of esters is 2. The normalized spacial score (nSPS) is 10.5. The third-order valence-electron chi connectivity index (χ3n) is 2.33. The van der Waals surface area contributed by atoms with Crippen molar-refractivity contribution in [2.75, 3.05) is 19.8 Å². The Morgan fingerprint density at radius 2 is 1.62 bits per heavy atom. The predicted octanol–water partition coefficient (Wildman–Crippen LogP) is 2.60. The van der Waals surface area contributed by atoms with Gasteiger partial charge in [0.1, 0.15) is 19.8 Å². The Labute approximate surface area is 129 Å². The zero-order valence-corrected chi connectivity index (χ0v) is 12.9. The fourth-order valence-electron chi connectivity index (χ4n) is 1.31. The molecule has 0 aliphatic carbocycles. The number of carbonyl (C=O) groups excluding carboxylic acids is 2. The Morgan fingerprint density at radius 1 is 1.05 bits per heavy atom. The van der Waals surface area contributed by atoms with Gasteiger partial charge >= 0.3 is 11.9 Å². The highest BCUT2D eigenvalue weighted by Crippen LogP contribution is 2.10. The Hall–Kier alpha value is -1.59. The van der Waals surface area contributed by atoms with E-state index in [1.54, 1.807) is 24.3 Å². The highest BCUT2D eigenvalue weighted by atomic mass is 35.5. The van der Waals surface area contributed by atoms with Gasteiger partial charge in [-0.2, -0.15) is 0 Å². The third-order valence-corrected chi connectivity index (χ3v) is 2.58. The number of halogens is 1. The molecular weight excluding hydrogens is 296 g/mol. The van der Waals surface area contributed by atoms with Gasteiger partial charge in [0, 0.05) is 5.02 Å². The molecule has 1 aromatic carbocycles. The molecule has 21 heavy (non-hydrogen) atoms. The molecular formula is C15H19ClO5. The summed E-state index contributed by atoms with van der Waals surface area (Å²) < 4.78 is 14.8. The summed E-state index contributed by atoms with van der Waals surface area (Å²) in [6.45, 7) is 3.79. The summed E-state index contributed by atoms with van der Waals surface area (Å²) >= 11 is 5.75. The van der Waals surface area contributed by atoms with E-state index in [0.29, 0.717) is 11.6 Å². The van der Waals surface area contributed by atoms with E-state index in [1.807, 2.05) is 13.8 Å². The average molecular weight is 315 g/mol. The van der Waals surface area contributed by atoms with Crippen molar-refractivity contribution in [1.82, 2.24) is 0 Å². The molecule has 0 spiro atoms. The van der Waals surface area contributed by atoms with Crippen molar-refractivity contribution in [2.45, 2.75) is 20.5 Å². The number of ether oxygens (including phenoxy) is 3. The topological polar surface area (TPSA) is 61.8 Å². The maximum Gasteiger partial charge on any atom is 0.332 e. The molecule has 0 aliphatic rings. The fraction of sp³-hybridized carbons (Fsp3) is 0.467. The summed E-state index contributed by atoms with van der Waals surface area (Å²) in [4.78, 5) is 22.6. The molecule has 0 saturated heterocycles. The van der Waals surface area contributed by atoms with E-state index in [2.05, 4.69) is 0 Å². The highest BCUT2D eigenvalue weighted by Gasteiger charge is 2.08. The molecule has 0 radical (unpaired) electrons. The Kier molecular flexibility index (Phi) is 7.79. The lowest BCUT2D eigenvalue weighted by atomic mass is 10.2. The quantitative estimate of drug-likeness (QED) is 0.690.